The molecule has 2 heterocycles. The summed E-state index contributed by atoms with van der Waals surface area (Å²) in [6.07, 6.45) is 2.96. The van der Waals surface area contributed by atoms with E-state index in [1.54, 1.807) is 6.21 Å². The van der Waals surface area contributed by atoms with Gasteiger partial charge in [0.15, 0.2) is 0 Å². The number of aryl methyl sites for hydroxylation is 1. The molecule has 4 rings (SSSR count). The fraction of sp³-hybridized carbons (Fsp3) is 0.0909. The van der Waals surface area contributed by atoms with Crippen molar-refractivity contribution in [3.63, 3.8) is 0 Å². The van der Waals surface area contributed by atoms with E-state index in [0.29, 0.717) is 10.2 Å². The van der Waals surface area contributed by atoms with Crippen molar-refractivity contribution in [3.8, 4) is 11.1 Å². The third-order valence-corrected chi connectivity index (χ3v) is 6.05. The van der Waals surface area contributed by atoms with Crippen LogP contribution in [0.4, 0.5) is 0 Å². The summed E-state index contributed by atoms with van der Waals surface area (Å²) in [4.78, 5) is 31.5. The number of hydrogen-bond acceptors (Lipinski definition) is 5. The highest BCUT2D eigenvalue weighted by Gasteiger charge is 2.17. The van der Waals surface area contributed by atoms with Gasteiger partial charge in [0.05, 0.1) is 17.9 Å². The van der Waals surface area contributed by atoms with Crippen LogP contribution in [-0.2, 0) is 11.3 Å². The van der Waals surface area contributed by atoms with Gasteiger partial charge in [-0.25, -0.2) is 10.4 Å². The lowest BCUT2D eigenvalue weighted by Gasteiger charge is -2.06. The van der Waals surface area contributed by atoms with E-state index in [0.717, 1.165) is 26.0 Å². The molecule has 6 nitrogen and oxygen atoms in total. The largest absolute Gasteiger partial charge is 0.289 e. The number of carbonyl (C=O) groups excluding carboxylic acids is 1. The van der Waals surface area contributed by atoms with Crippen LogP contribution in [0.2, 0.25) is 0 Å². The van der Waals surface area contributed by atoms with Crippen LogP contribution < -0.4 is 11.0 Å². The quantitative estimate of drug-likeness (QED) is 0.340. The van der Waals surface area contributed by atoms with E-state index in [4.69, 9.17) is 0 Å². The minimum absolute atomic E-state index is 0.164. The highest BCUT2D eigenvalue weighted by Crippen LogP contribution is 2.35. The number of nitrogens with zero attached hydrogens (tertiary/aromatic N) is 3. The fourth-order valence-electron chi connectivity index (χ4n) is 3.12. The molecular weight excluding hydrogens is 464 g/mol. The molecule has 30 heavy (non-hydrogen) atoms. The highest BCUT2D eigenvalue weighted by molar-refractivity contribution is 9.10. The van der Waals surface area contributed by atoms with Crippen LogP contribution >= 0.6 is 27.3 Å². The molecule has 0 fully saturated rings. The second kappa shape index (κ2) is 8.73. The van der Waals surface area contributed by atoms with Crippen molar-refractivity contribution >= 4 is 49.6 Å². The summed E-state index contributed by atoms with van der Waals surface area (Å²) in [5.74, 6) is -0.403. The minimum Gasteiger partial charge on any atom is -0.289 e. The summed E-state index contributed by atoms with van der Waals surface area (Å²) in [6, 6.07) is 17.2. The molecule has 0 atom stereocenters. The number of rotatable bonds is 5. The van der Waals surface area contributed by atoms with E-state index in [-0.39, 0.29) is 12.1 Å². The molecule has 4 aromatic rings. The molecule has 2 aromatic heterocycles. The van der Waals surface area contributed by atoms with Crippen molar-refractivity contribution in [2.75, 3.05) is 0 Å². The number of thiophene rings is 1. The summed E-state index contributed by atoms with van der Waals surface area (Å²) in [6.45, 7) is 1.81. The van der Waals surface area contributed by atoms with Gasteiger partial charge in [0, 0.05) is 14.9 Å². The Labute approximate surface area is 185 Å². The maximum atomic E-state index is 13.1. The van der Waals surface area contributed by atoms with Gasteiger partial charge in [-0.3, -0.25) is 14.2 Å². The fourth-order valence-corrected chi connectivity index (χ4v) is 4.39. The number of hydrogen-bond donors (Lipinski definition) is 1. The number of amides is 1. The number of aromatic nitrogens is 2. The molecule has 0 aliphatic heterocycles. The van der Waals surface area contributed by atoms with Crippen molar-refractivity contribution < 1.29 is 4.79 Å². The maximum absolute atomic E-state index is 13.1. The molecule has 0 radical (unpaired) electrons. The standard InChI is InChI=1S/C22H17BrN4O2S/c1-14-19(16-5-3-2-4-6-16)20-21(30-14)24-13-27(22(20)29)12-18(28)26-25-11-15-7-9-17(23)10-8-15/h2-11,13H,12H2,1H3,(H,26,28)/b25-11+. The zero-order valence-corrected chi connectivity index (χ0v) is 18.4. The second-order valence-electron chi connectivity index (χ2n) is 6.60. The molecule has 0 spiro atoms. The Kier molecular flexibility index (Phi) is 5.87. The number of halogens is 1. The van der Waals surface area contributed by atoms with Gasteiger partial charge in [-0.15, -0.1) is 11.3 Å². The van der Waals surface area contributed by atoms with Crippen LogP contribution in [0.1, 0.15) is 10.4 Å². The monoisotopic (exact) mass is 480 g/mol. The van der Waals surface area contributed by atoms with Crippen LogP contribution in [0.25, 0.3) is 21.3 Å². The Morgan fingerprint density at radius 3 is 2.67 bits per heavy atom. The molecular formula is C22H17BrN4O2S. The predicted octanol–water partition coefficient (Wildman–Crippen LogP) is 4.35. The Balaban J connectivity index is 1.57. The van der Waals surface area contributed by atoms with Crippen molar-refractivity contribution in [2.45, 2.75) is 13.5 Å². The van der Waals surface area contributed by atoms with E-state index in [1.165, 1.54) is 22.2 Å². The van der Waals surface area contributed by atoms with Gasteiger partial charge in [-0.05, 0) is 30.2 Å². The Morgan fingerprint density at radius 1 is 1.20 bits per heavy atom. The molecule has 1 N–H and O–H groups in total. The van der Waals surface area contributed by atoms with Gasteiger partial charge in [0.2, 0.25) is 0 Å². The van der Waals surface area contributed by atoms with Gasteiger partial charge >= 0.3 is 0 Å². The molecule has 1 amide bonds. The number of fused-ring (bicyclic) bond motifs is 1. The van der Waals surface area contributed by atoms with E-state index < -0.39 is 5.91 Å². The van der Waals surface area contributed by atoms with Crippen molar-refractivity contribution in [1.82, 2.24) is 15.0 Å². The lowest BCUT2D eigenvalue weighted by atomic mass is 10.0. The first-order valence-corrected chi connectivity index (χ1v) is 10.8. The maximum Gasteiger partial charge on any atom is 0.263 e. The normalized spacial score (nSPS) is 11.3. The Morgan fingerprint density at radius 2 is 1.93 bits per heavy atom. The van der Waals surface area contributed by atoms with E-state index in [1.807, 2.05) is 61.5 Å². The molecule has 0 saturated heterocycles. The second-order valence-corrected chi connectivity index (χ2v) is 8.72. The van der Waals surface area contributed by atoms with Crippen LogP contribution in [0, 0.1) is 6.92 Å². The Bertz CT molecular complexity index is 1290. The topological polar surface area (TPSA) is 76.3 Å². The van der Waals surface area contributed by atoms with Crippen molar-refractivity contribution in [1.29, 1.82) is 0 Å². The van der Waals surface area contributed by atoms with Gasteiger partial charge in [-0.1, -0.05) is 58.4 Å². The molecule has 150 valence electrons. The predicted molar refractivity (Wildman–Crippen MR) is 124 cm³/mol. The average molecular weight is 481 g/mol. The number of carbonyl (C=O) groups is 1. The minimum atomic E-state index is -0.403. The summed E-state index contributed by atoms with van der Waals surface area (Å²) in [5.41, 5.74) is 4.89. The summed E-state index contributed by atoms with van der Waals surface area (Å²) < 4.78 is 2.27. The first-order valence-electron chi connectivity index (χ1n) is 9.14. The van der Waals surface area contributed by atoms with Crippen LogP contribution in [0.15, 0.2) is 75.3 Å². The van der Waals surface area contributed by atoms with E-state index >= 15 is 0 Å². The summed E-state index contributed by atoms with van der Waals surface area (Å²) in [5, 5.41) is 4.49. The van der Waals surface area contributed by atoms with E-state index in [2.05, 4.69) is 31.4 Å². The van der Waals surface area contributed by atoms with Gasteiger partial charge in [-0.2, -0.15) is 5.10 Å². The average Bonchev–Trinajstić information content (AvgIpc) is 3.09. The molecule has 8 heteroatoms. The van der Waals surface area contributed by atoms with Crippen LogP contribution in [0.3, 0.4) is 0 Å². The zero-order chi connectivity index (χ0) is 21.1. The summed E-state index contributed by atoms with van der Waals surface area (Å²) in [7, 11) is 0. The SMILES string of the molecule is Cc1sc2ncn(CC(=O)N/N=C/c3ccc(Br)cc3)c(=O)c2c1-c1ccccc1. The molecule has 0 aliphatic rings. The molecule has 2 aromatic carbocycles. The number of nitrogens with one attached hydrogen (secondary N) is 1. The van der Waals surface area contributed by atoms with Gasteiger partial charge < -0.3 is 0 Å². The van der Waals surface area contributed by atoms with Crippen molar-refractivity contribution in [2.24, 2.45) is 5.10 Å². The van der Waals surface area contributed by atoms with E-state index in [9.17, 15) is 9.59 Å². The lowest BCUT2D eigenvalue weighted by molar-refractivity contribution is -0.121. The van der Waals surface area contributed by atoms with Crippen LogP contribution in [0.5, 0.6) is 0 Å². The first-order chi connectivity index (χ1) is 14.5. The number of benzene rings is 2. The molecule has 0 unspecified atom stereocenters. The first kappa shape index (κ1) is 20.2. The zero-order valence-electron chi connectivity index (χ0n) is 16.0. The third-order valence-electron chi connectivity index (χ3n) is 4.50. The smallest absolute Gasteiger partial charge is 0.263 e. The highest BCUT2D eigenvalue weighted by atomic mass is 79.9. The molecule has 0 bridgehead atoms. The van der Waals surface area contributed by atoms with Gasteiger partial charge in [0.25, 0.3) is 11.5 Å². The van der Waals surface area contributed by atoms with Crippen LogP contribution in [-0.4, -0.2) is 21.7 Å². The third kappa shape index (κ3) is 4.24. The summed E-state index contributed by atoms with van der Waals surface area (Å²) >= 11 is 4.84. The Hall–Kier alpha value is -3.10. The molecule has 0 aliphatic carbocycles. The lowest BCUT2D eigenvalue weighted by Crippen LogP contribution is -2.30. The molecule has 0 saturated carbocycles. The number of hydrazone groups is 1. The van der Waals surface area contributed by atoms with Crippen molar-refractivity contribution in [3.05, 3.63) is 86.2 Å². The van der Waals surface area contributed by atoms with Gasteiger partial charge in [0.1, 0.15) is 11.4 Å².